The molecule has 0 aliphatic rings. The number of fused-ring (bicyclic) bond motifs is 1. The molecule has 1 aromatic carbocycles. The summed E-state index contributed by atoms with van der Waals surface area (Å²) in [6.07, 6.45) is 2.08. The number of nitrogens with two attached hydrogens (primary N) is 1. The van der Waals surface area contributed by atoms with Crippen molar-refractivity contribution in [3.05, 3.63) is 36.0 Å². The number of aromatic amines is 1. The van der Waals surface area contributed by atoms with Crippen molar-refractivity contribution in [1.82, 2.24) is 20.2 Å². The summed E-state index contributed by atoms with van der Waals surface area (Å²) in [7, 11) is 0. The van der Waals surface area contributed by atoms with Crippen molar-refractivity contribution in [2.45, 2.75) is 6.42 Å². The number of aromatic nitrogens is 4. The first kappa shape index (κ1) is 13.3. The molecule has 8 nitrogen and oxygen atoms in total. The van der Waals surface area contributed by atoms with Crippen molar-refractivity contribution in [2.24, 2.45) is 5.84 Å². The molecule has 0 saturated carbocycles. The Morgan fingerprint density at radius 3 is 2.95 bits per heavy atom. The Kier molecular flexibility index (Phi) is 3.63. The molecule has 8 heteroatoms. The molecule has 0 saturated heterocycles. The molecule has 0 amide bonds. The summed E-state index contributed by atoms with van der Waals surface area (Å²) in [6, 6.07) is 7.44. The second kappa shape index (κ2) is 5.73. The minimum Gasteiger partial charge on any atom is -0.438 e. The highest BCUT2D eigenvalue weighted by Gasteiger charge is 2.12. The van der Waals surface area contributed by atoms with E-state index in [0.717, 1.165) is 5.56 Å². The first-order valence-corrected chi connectivity index (χ1v) is 6.36. The fourth-order valence-electron chi connectivity index (χ4n) is 1.99. The third kappa shape index (κ3) is 2.62. The van der Waals surface area contributed by atoms with E-state index in [4.69, 9.17) is 15.7 Å². The highest BCUT2D eigenvalue weighted by Crippen LogP contribution is 2.29. The van der Waals surface area contributed by atoms with Gasteiger partial charge in [-0.2, -0.15) is 15.1 Å². The fraction of sp³-hybridized carbons (Fsp3) is 0.154. The van der Waals surface area contributed by atoms with E-state index in [1.54, 1.807) is 6.20 Å². The van der Waals surface area contributed by atoms with E-state index in [1.807, 2.05) is 24.3 Å². The topological polar surface area (TPSA) is 122 Å². The largest absolute Gasteiger partial charge is 0.438 e. The van der Waals surface area contributed by atoms with Gasteiger partial charge < -0.3 is 9.84 Å². The third-order valence-corrected chi connectivity index (χ3v) is 2.96. The Balaban J connectivity index is 2.03. The first-order chi connectivity index (χ1) is 10.3. The van der Waals surface area contributed by atoms with Crippen LogP contribution in [0.5, 0.6) is 11.6 Å². The van der Waals surface area contributed by atoms with Crippen LogP contribution in [-0.4, -0.2) is 31.9 Å². The smallest absolute Gasteiger partial charge is 0.242 e. The van der Waals surface area contributed by atoms with Crippen LogP contribution in [0.2, 0.25) is 0 Å². The molecule has 0 bridgehead atoms. The molecule has 0 radical (unpaired) electrons. The van der Waals surface area contributed by atoms with Crippen molar-refractivity contribution in [2.75, 3.05) is 12.0 Å². The highest BCUT2D eigenvalue weighted by atomic mass is 16.5. The third-order valence-electron chi connectivity index (χ3n) is 2.96. The first-order valence-electron chi connectivity index (χ1n) is 6.36. The maximum Gasteiger partial charge on any atom is 0.242 e. The van der Waals surface area contributed by atoms with Crippen LogP contribution in [-0.2, 0) is 6.42 Å². The maximum atomic E-state index is 9.11. The molecule has 0 fully saturated rings. The van der Waals surface area contributed by atoms with E-state index in [-0.39, 0.29) is 12.6 Å². The van der Waals surface area contributed by atoms with Gasteiger partial charge in [-0.25, -0.2) is 5.84 Å². The van der Waals surface area contributed by atoms with Gasteiger partial charge in [0.25, 0.3) is 0 Å². The number of nitrogens with zero attached hydrogens (tertiary/aromatic N) is 3. The zero-order valence-corrected chi connectivity index (χ0v) is 11.1. The van der Waals surface area contributed by atoms with Gasteiger partial charge in [-0.05, 0) is 18.1 Å². The predicted molar refractivity (Wildman–Crippen MR) is 76.8 cm³/mol. The van der Waals surface area contributed by atoms with Gasteiger partial charge in [0.2, 0.25) is 11.8 Å². The predicted octanol–water partition coefficient (Wildman–Crippen LogP) is 0.966. The summed E-state index contributed by atoms with van der Waals surface area (Å²) in [5.41, 5.74) is 3.79. The van der Waals surface area contributed by atoms with Crippen LogP contribution in [0.15, 0.2) is 30.5 Å². The Bertz CT molecular complexity index is 757. The molecule has 2 heterocycles. The number of benzene rings is 1. The zero-order valence-electron chi connectivity index (χ0n) is 11.1. The van der Waals surface area contributed by atoms with Crippen molar-refractivity contribution < 1.29 is 9.84 Å². The molecule has 108 valence electrons. The second-order valence-electron chi connectivity index (χ2n) is 4.31. The minimum absolute atomic E-state index is 0.0425. The number of aliphatic hydroxyl groups is 1. The number of hydrogen-bond donors (Lipinski definition) is 4. The van der Waals surface area contributed by atoms with Crippen LogP contribution in [0.3, 0.4) is 0 Å². The van der Waals surface area contributed by atoms with Crippen LogP contribution >= 0.6 is 0 Å². The standard InChI is InChI=1S/C13H14N6O2/c14-18-13-16-11-9(7-15-19-11)12(17-13)21-10-4-2-1-3-8(10)5-6-20/h1-4,7,20H,5-6,14H2,(H2,15,16,17,18,19). The molecule has 0 unspecified atom stereocenters. The van der Waals surface area contributed by atoms with E-state index in [0.29, 0.717) is 29.1 Å². The van der Waals surface area contributed by atoms with Crippen molar-refractivity contribution in [3.63, 3.8) is 0 Å². The van der Waals surface area contributed by atoms with Crippen molar-refractivity contribution >= 4 is 17.0 Å². The number of nitrogens with one attached hydrogen (secondary N) is 2. The van der Waals surface area contributed by atoms with E-state index < -0.39 is 0 Å². The lowest BCUT2D eigenvalue weighted by Crippen LogP contribution is -2.11. The molecule has 0 aliphatic carbocycles. The Hall–Kier alpha value is -2.71. The lowest BCUT2D eigenvalue weighted by atomic mass is 10.1. The van der Waals surface area contributed by atoms with Crippen LogP contribution in [0.1, 0.15) is 5.56 Å². The number of rotatable bonds is 5. The normalized spacial score (nSPS) is 10.8. The fourth-order valence-corrected chi connectivity index (χ4v) is 1.99. The minimum atomic E-state index is 0.0425. The van der Waals surface area contributed by atoms with Crippen LogP contribution in [0.4, 0.5) is 5.95 Å². The average Bonchev–Trinajstić information content (AvgIpc) is 2.98. The SMILES string of the molecule is NNc1nc(Oc2ccccc2CCO)c2cn[nH]c2n1. The molecule has 2 aromatic heterocycles. The van der Waals surface area contributed by atoms with Gasteiger partial charge in [-0.1, -0.05) is 18.2 Å². The van der Waals surface area contributed by atoms with E-state index in [1.165, 1.54) is 0 Å². The number of hydrazine groups is 1. The molecular formula is C13H14N6O2. The Morgan fingerprint density at radius 1 is 1.29 bits per heavy atom. The van der Waals surface area contributed by atoms with E-state index in [2.05, 4.69) is 25.6 Å². The molecule has 21 heavy (non-hydrogen) atoms. The number of anilines is 1. The zero-order chi connectivity index (χ0) is 14.7. The van der Waals surface area contributed by atoms with Gasteiger partial charge >= 0.3 is 0 Å². The molecular weight excluding hydrogens is 272 g/mol. The average molecular weight is 286 g/mol. The number of aliphatic hydroxyl groups excluding tert-OH is 1. The van der Waals surface area contributed by atoms with Gasteiger partial charge in [0.1, 0.15) is 11.1 Å². The summed E-state index contributed by atoms with van der Waals surface area (Å²) in [6.45, 7) is 0.0425. The maximum absolute atomic E-state index is 9.11. The second-order valence-corrected chi connectivity index (χ2v) is 4.31. The number of hydrogen-bond acceptors (Lipinski definition) is 7. The molecule has 0 aliphatic heterocycles. The number of para-hydroxylation sites is 1. The van der Waals surface area contributed by atoms with Gasteiger partial charge in [-0.15, -0.1) is 0 Å². The van der Waals surface area contributed by atoms with E-state index in [9.17, 15) is 0 Å². The summed E-state index contributed by atoms with van der Waals surface area (Å²) in [5, 5.41) is 16.4. The summed E-state index contributed by atoms with van der Waals surface area (Å²) in [5.74, 6) is 6.54. The van der Waals surface area contributed by atoms with Gasteiger partial charge in [0, 0.05) is 6.61 Å². The van der Waals surface area contributed by atoms with Gasteiger partial charge in [0.05, 0.1) is 6.20 Å². The molecule has 3 aromatic rings. The molecule has 0 atom stereocenters. The quantitative estimate of drug-likeness (QED) is 0.407. The van der Waals surface area contributed by atoms with E-state index >= 15 is 0 Å². The van der Waals surface area contributed by atoms with Crippen LogP contribution in [0, 0.1) is 0 Å². The lowest BCUT2D eigenvalue weighted by molar-refractivity contribution is 0.297. The molecule has 0 spiro atoms. The Morgan fingerprint density at radius 2 is 2.14 bits per heavy atom. The van der Waals surface area contributed by atoms with Crippen molar-refractivity contribution in [3.8, 4) is 11.6 Å². The monoisotopic (exact) mass is 286 g/mol. The van der Waals surface area contributed by atoms with Crippen molar-refractivity contribution in [1.29, 1.82) is 0 Å². The molecule has 3 rings (SSSR count). The molecule has 5 N–H and O–H groups in total. The van der Waals surface area contributed by atoms with Crippen LogP contribution < -0.4 is 16.0 Å². The summed E-state index contributed by atoms with van der Waals surface area (Å²) < 4.78 is 5.86. The summed E-state index contributed by atoms with van der Waals surface area (Å²) in [4.78, 5) is 8.33. The highest BCUT2D eigenvalue weighted by molar-refractivity contribution is 5.80. The number of H-pyrrole nitrogens is 1. The number of ether oxygens (including phenoxy) is 1. The van der Waals surface area contributed by atoms with Gasteiger partial charge in [0.15, 0.2) is 5.65 Å². The Labute approximate surface area is 120 Å². The number of nitrogen functional groups attached to an aromatic ring is 1. The van der Waals surface area contributed by atoms with Gasteiger partial charge in [-0.3, -0.25) is 10.5 Å². The van der Waals surface area contributed by atoms with Crippen LogP contribution in [0.25, 0.3) is 11.0 Å². The summed E-state index contributed by atoms with van der Waals surface area (Å²) >= 11 is 0. The lowest BCUT2D eigenvalue weighted by Gasteiger charge is -2.10.